The molecule has 1 aliphatic rings. The van der Waals surface area contributed by atoms with Crippen molar-refractivity contribution < 1.29 is 4.79 Å². The fraction of sp³-hybridized carbons (Fsp3) is 0.500. The molecule has 2 rings (SSSR count). The summed E-state index contributed by atoms with van der Waals surface area (Å²) in [5.41, 5.74) is 3.30. The molecule has 3 N–H and O–H groups in total. The molecule has 5 nitrogen and oxygen atoms in total. The van der Waals surface area contributed by atoms with E-state index in [2.05, 4.69) is 24.3 Å². The summed E-state index contributed by atoms with van der Waals surface area (Å²) in [7, 11) is 0. The number of nitrogens with two attached hydrogens (primary N) is 1. The van der Waals surface area contributed by atoms with Gasteiger partial charge in [-0.3, -0.25) is 4.79 Å². The Labute approximate surface area is 101 Å². The number of hydrazine groups is 1. The number of nitrogen functional groups attached to an aromatic ring is 1. The number of carbonyl (C=O) groups is 1. The van der Waals surface area contributed by atoms with E-state index in [0.29, 0.717) is 11.4 Å². The molecule has 2 heterocycles. The van der Waals surface area contributed by atoms with E-state index in [1.165, 1.54) is 0 Å². The van der Waals surface area contributed by atoms with Gasteiger partial charge in [0, 0.05) is 24.8 Å². The molecule has 0 atom stereocenters. The second-order valence-corrected chi connectivity index (χ2v) is 5.22. The molecule has 0 bridgehead atoms. The Balaban J connectivity index is 2.15. The first-order valence-electron chi connectivity index (χ1n) is 5.74. The summed E-state index contributed by atoms with van der Waals surface area (Å²) < 4.78 is 0. The average Bonchev–Trinajstić information content (AvgIpc) is 2.69. The highest BCUT2D eigenvalue weighted by Crippen LogP contribution is 2.29. The SMILES string of the molecule is CC1(C)CCN(C(=O)c2ccnc(NN)c2)C1. The molecular formula is C12H18N4O. The summed E-state index contributed by atoms with van der Waals surface area (Å²) in [6, 6.07) is 3.39. The van der Waals surface area contributed by atoms with Crippen LogP contribution in [0.3, 0.4) is 0 Å². The van der Waals surface area contributed by atoms with Crippen LogP contribution in [0.4, 0.5) is 5.82 Å². The summed E-state index contributed by atoms with van der Waals surface area (Å²) in [5, 5.41) is 0. The molecule has 0 spiro atoms. The molecule has 1 aliphatic heterocycles. The van der Waals surface area contributed by atoms with Crippen LogP contribution in [-0.4, -0.2) is 28.9 Å². The van der Waals surface area contributed by atoms with Gasteiger partial charge >= 0.3 is 0 Å². The van der Waals surface area contributed by atoms with Crippen molar-refractivity contribution in [1.82, 2.24) is 9.88 Å². The van der Waals surface area contributed by atoms with E-state index in [-0.39, 0.29) is 11.3 Å². The highest BCUT2D eigenvalue weighted by molar-refractivity contribution is 5.95. The molecule has 0 aromatic carbocycles. The molecule has 1 amide bonds. The lowest BCUT2D eigenvalue weighted by Gasteiger charge is -2.20. The van der Waals surface area contributed by atoms with E-state index in [9.17, 15) is 4.79 Å². The van der Waals surface area contributed by atoms with Gasteiger partial charge in [-0.1, -0.05) is 13.8 Å². The topological polar surface area (TPSA) is 71.2 Å². The third-order valence-electron chi connectivity index (χ3n) is 3.12. The normalized spacial score (nSPS) is 18.2. The fourth-order valence-corrected chi connectivity index (χ4v) is 2.11. The van der Waals surface area contributed by atoms with Crippen molar-refractivity contribution in [2.24, 2.45) is 11.3 Å². The molecule has 1 aromatic heterocycles. The summed E-state index contributed by atoms with van der Waals surface area (Å²) >= 11 is 0. The van der Waals surface area contributed by atoms with E-state index in [4.69, 9.17) is 5.84 Å². The van der Waals surface area contributed by atoms with Crippen LogP contribution in [-0.2, 0) is 0 Å². The van der Waals surface area contributed by atoms with E-state index in [1.54, 1.807) is 18.3 Å². The van der Waals surface area contributed by atoms with Crippen LogP contribution in [0.2, 0.25) is 0 Å². The van der Waals surface area contributed by atoms with Crippen molar-refractivity contribution in [2.45, 2.75) is 20.3 Å². The number of nitrogens with one attached hydrogen (secondary N) is 1. The zero-order valence-corrected chi connectivity index (χ0v) is 10.2. The standard InChI is InChI=1S/C12H18N4O/c1-12(2)4-6-16(8-12)11(17)9-3-5-14-10(7-9)15-13/h3,5,7H,4,6,8,13H2,1-2H3,(H,14,15). The van der Waals surface area contributed by atoms with Gasteiger partial charge in [0.05, 0.1) is 0 Å². The Kier molecular flexibility index (Phi) is 3.02. The molecule has 5 heteroatoms. The Bertz CT molecular complexity index is 430. The molecule has 1 fully saturated rings. The first kappa shape index (κ1) is 11.9. The number of carbonyl (C=O) groups excluding carboxylic acids is 1. The Hall–Kier alpha value is -1.62. The van der Waals surface area contributed by atoms with Crippen LogP contribution in [0.5, 0.6) is 0 Å². The van der Waals surface area contributed by atoms with E-state index < -0.39 is 0 Å². The highest BCUT2D eigenvalue weighted by Gasteiger charge is 2.32. The maximum atomic E-state index is 12.2. The minimum atomic E-state index is 0.0504. The highest BCUT2D eigenvalue weighted by atomic mass is 16.2. The fourth-order valence-electron chi connectivity index (χ4n) is 2.11. The summed E-state index contributed by atoms with van der Waals surface area (Å²) in [6.07, 6.45) is 2.63. The molecular weight excluding hydrogens is 216 g/mol. The zero-order valence-electron chi connectivity index (χ0n) is 10.2. The Morgan fingerprint density at radius 3 is 2.94 bits per heavy atom. The Morgan fingerprint density at radius 2 is 2.35 bits per heavy atom. The van der Waals surface area contributed by atoms with Gasteiger partial charge in [-0.2, -0.15) is 0 Å². The minimum Gasteiger partial charge on any atom is -0.338 e. The molecule has 0 radical (unpaired) electrons. The number of aromatic nitrogens is 1. The number of pyridine rings is 1. The summed E-state index contributed by atoms with van der Waals surface area (Å²) in [4.78, 5) is 18.1. The predicted octanol–water partition coefficient (Wildman–Crippen LogP) is 1.24. The summed E-state index contributed by atoms with van der Waals surface area (Å²) in [5.74, 6) is 5.84. The van der Waals surface area contributed by atoms with Gasteiger partial charge in [0.2, 0.25) is 0 Å². The quantitative estimate of drug-likeness (QED) is 0.596. The molecule has 0 saturated carbocycles. The lowest BCUT2D eigenvalue weighted by Crippen LogP contribution is -2.30. The van der Waals surface area contributed by atoms with E-state index >= 15 is 0 Å². The zero-order chi connectivity index (χ0) is 12.5. The van der Waals surface area contributed by atoms with Crippen molar-refractivity contribution in [3.8, 4) is 0 Å². The third kappa shape index (κ3) is 2.55. The molecule has 0 aliphatic carbocycles. The molecule has 1 saturated heterocycles. The minimum absolute atomic E-state index is 0.0504. The van der Waals surface area contributed by atoms with Crippen LogP contribution < -0.4 is 11.3 Å². The second kappa shape index (κ2) is 4.33. The number of hydrogen-bond acceptors (Lipinski definition) is 4. The molecule has 1 aromatic rings. The molecule has 17 heavy (non-hydrogen) atoms. The van der Waals surface area contributed by atoms with Crippen molar-refractivity contribution in [3.05, 3.63) is 23.9 Å². The smallest absolute Gasteiger partial charge is 0.254 e. The van der Waals surface area contributed by atoms with Crippen molar-refractivity contribution in [1.29, 1.82) is 0 Å². The number of anilines is 1. The van der Waals surface area contributed by atoms with Gasteiger partial charge in [0.15, 0.2) is 0 Å². The van der Waals surface area contributed by atoms with Crippen LogP contribution in [0.1, 0.15) is 30.6 Å². The van der Waals surface area contributed by atoms with Crippen LogP contribution in [0, 0.1) is 5.41 Å². The monoisotopic (exact) mass is 234 g/mol. The lowest BCUT2D eigenvalue weighted by molar-refractivity contribution is 0.0778. The number of nitrogens with zero attached hydrogens (tertiary/aromatic N) is 2. The maximum Gasteiger partial charge on any atom is 0.254 e. The average molecular weight is 234 g/mol. The number of rotatable bonds is 2. The van der Waals surface area contributed by atoms with E-state index in [0.717, 1.165) is 19.5 Å². The second-order valence-electron chi connectivity index (χ2n) is 5.22. The van der Waals surface area contributed by atoms with Gasteiger partial charge < -0.3 is 10.3 Å². The van der Waals surface area contributed by atoms with Crippen LogP contribution in [0.25, 0.3) is 0 Å². The van der Waals surface area contributed by atoms with Gasteiger partial charge in [0.1, 0.15) is 5.82 Å². The van der Waals surface area contributed by atoms with Gasteiger partial charge in [-0.15, -0.1) is 0 Å². The third-order valence-corrected chi connectivity index (χ3v) is 3.12. The van der Waals surface area contributed by atoms with E-state index in [1.807, 2.05) is 4.90 Å². The first-order chi connectivity index (χ1) is 8.02. The van der Waals surface area contributed by atoms with Crippen molar-refractivity contribution in [2.75, 3.05) is 18.5 Å². The van der Waals surface area contributed by atoms with Gasteiger partial charge in [-0.05, 0) is 24.0 Å². The van der Waals surface area contributed by atoms with Gasteiger partial charge in [-0.25, -0.2) is 10.8 Å². The molecule has 0 unspecified atom stereocenters. The van der Waals surface area contributed by atoms with Crippen molar-refractivity contribution in [3.63, 3.8) is 0 Å². The van der Waals surface area contributed by atoms with Gasteiger partial charge in [0.25, 0.3) is 5.91 Å². The predicted molar refractivity (Wildman–Crippen MR) is 66.3 cm³/mol. The van der Waals surface area contributed by atoms with Crippen molar-refractivity contribution >= 4 is 11.7 Å². The summed E-state index contributed by atoms with van der Waals surface area (Å²) in [6.45, 7) is 5.98. The first-order valence-corrected chi connectivity index (χ1v) is 5.74. The number of hydrogen-bond donors (Lipinski definition) is 2. The Morgan fingerprint density at radius 1 is 1.59 bits per heavy atom. The largest absolute Gasteiger partial charge is 0.338 e. The lowest BCUT2D eigenvalue weighted by atomic mass is 9.93. The number of likely N-dealkylation sites (tertiary alicyclic amines) is 1. The maximum absolute atomic E-state index is 12.2. The molecule has 92 valence electrons. The van der Waals surface area contributed by atoms with Crippen LogP contribution in [0.15, 0.2) is 18.3 Å². The number of amides is 1. The van der Waals surface area contributed by atoms with Crippen LogP contribution >= 0.6 is 0 Å².